The van der Waals surface area contributed by atoms with E-state index in [4.69, 9.17) is 5.11 Å². The van der Waals surface area contributed by atoms with E-state index in [1.54, 1.807) is 17.4 Å². The third-order valence-electron chi connectivity index (χ3n) is 6.01. The van der Waals surface area contributed by atoms with Crippen LogP contribution in [0.25, 0.3) is 38.6 Å². The Morgan fingerprint density at radius 3 is 2.49 bits per heavy atom. The number of nitrogens with zero attached hydrogens (tertiary/aromatic N) is 1. The normalized spacial score (nSPS) is 12.3. The number of H-pyrrole nitrogens is 1. The van der Waals surface area contributed by atoms with Gasteiger partial charge < -0.3 is 5.11 Å². The van der Waals surface area contributed by atoms with E-state index >= 15 is 0 Å². The molecular weight excluding hydrogens is 452 g/mol. The summed E-state index contributed by atoms with van der Waals surface area (Å²) in [5, 5.41) is 19.5. The Balaban J connectivity index is 1.66. The van der Waals surface area contributed by atoms with Crippen LogP contribution < -0.4 is 0 Å². The fourth-order valence-corrected chi connectivity index (χ4v) is 5.25. The van der Waals surface area contributed by atoms with Crippen LogP contribution in [0, 0.1) is 0 Å². The van der Waals surface area contributed by atoms with E-state index in [1.807, 2.05) is 24.4 Å². The molecular formula is C30H24N2O2S. The third kappa shape index (κ3) is 4.86. The highest BCUT2D eigenvalue weighted by atomic mass is 32.1. The maximum absolute atomic E-state index is 10.9. The van der Waals surface area contributed by atoms with Gasteiger partial charge in [-0.25, -0.2) is 4.79 Å². The minimum Gasteiger partial charge on any atom is -0.478 e. The van der Waals surface area contributed by atoms with Crippen molar-refractivity contribution in [3.05, 3.63) is 119 Å². The number of fused-ring (bicyclic) bond motifs is 1. The molecule has 35 heavy (non-hydrogen) atoms. The largest absolute Gasteiger partial charge is 0.478 e. The van der Waals surface area contributed by atoms with Crippen molar-refractivity contribution in [2.24, 2.45) is 0 Å². The Bertz CT molecular complexity index is 1540. The van der Waals surface area contributed by atoms with Crippen molar-refractivity contribution in [2.75, 3.05) is 0 Å². The average Bonchev–Trinajstić information content (AvgIpc) is 3.56. The zero-order chi connectivity index (χ0) is 24.2. The predicted molar refractivity (Wildman–Crippen MR) is 145 cm³/mol. The molecule has 0 bridgehead atoms. The molecule has 0 aliphatic carbocycles. The van der Waals surface area contributed by atoms with Crippen molar-refractivity contribution in [3.8, 4) is 10.4 Å². The highest BCUT2D eigenvalue weighted by molar-refractivity contribution is 7.13. The maximum atomic E-state index is 10.9. The standard InChI is InChI=1S/C30H24N2O2S/c1-2-26(25-17-28(35-19-25)21-6-4-3-5-7-21)30(23-13-14-27-24(16-23)18-31-32-27)22-11-8-20(9-12-22)10-15-29(33)34/h3-19H,2H2,1H3,(H,31,32)(H,33,34)/b15-10+,30-26+. The number of carboxylic acid groups (broad SMARTS) is 1. The number of hydrogen-bond acceptors (Lipinski definition) is 3. The van der Waals surface area contributed by atoms with Gasteiger partial charge in [-0.05, 0) is 75.0 Å². The van der Waals surface area contributed by atoms with Gasteiger partial charge in [0.15, 0.2) is 0 Å². The van der Waals surface area contributed by atoms with E-state index in [0.29, 0.717) is 0 Å². The summed E-state index contributed by atoms with van der Waals surface area (Å²) in [7, 11) is 0. The van der Waals surface area contributed by atoms with E-state index in [1.165, 1.54) is 27.2 Å². The van der Waals surface area contributed by atoms with Gasteiger partial charge in [0.1, 0.15) is 0 Å². The fraction of sp³-hybridized carbons (Fsp3) is 0.0667. The minimum absolute atomic E-state index is 0.848. The van der Waals surface area contributed by atoms with Crippen LogP contribution in [0.4, 0.5) is 0 Å². The third-order valence-corrected chi connectivity index (χ3v) is 6.99. The van der Waals surface area contributed by atoms with Gasteiger partial charge in [-0.15, -0.1) is 11.3 Å². The number of aromatic amines is 1. The number of nitrogens with one attached hydrogen (secondary N) is 1. The molecule has 2 N–H and O–H groups in total. The Kier molecular flexibility index (Phi) is 6.42. The molecule has 0 fully saturated rings. The van der Waals surface area contributed by atoms with E-state index in [0.717, 1.165) is 40.1 Å². The second-order valence-electron chi connectivity index (χ2n) is 8.24. The molecule has 0 unspecified atom stereocenters. The average molecular weight is 477 g/mol. The number of aliphatic carboxylic acids is 1. The van der Waals surface area contributed by atoms with E-state index in [9.17, 15) is 4.79 Å². The monoisotopic (exact) mass is 476 g/mol. The molecule has 172 valence electrons. The number of carbonyl (C=O) groups is 1. The lowest BCUT2D eigenvalue weighted by Crippen LogP contribution is -1.95. The number of thiophene rings is 1. The number of aromatic nitrogens is 2. The van der Waals surface area contributed by atoms with Crippen LogP contribution in [0.2, 0.25) is 0 Å². The molecule has 4 nitrogen and oxygen atoms in total. The van der Waals surface area contributed by atoms with Crippen molar-refractivity contribution in [2.45, 2.75) is 13.3 Å². The number of allylic oxidation sites excluding steroid dienone is 1. The summed E-state index contributed by atoms with van der Waals surface area (Å²) in [6.07, 6.45) is 5.48. The first kappa shape index (κ1) is 22.6. The molecule has 5 heteroatoms. The fourth-order valence-electron chi connectivity index (χ4n) is 4.32. The van der Waals surface area contributed by atoms with Crippen LogP contribution in [-0.2, 0) is 4.79 Å². The number of carboxylic acids is 1. The van der Waals surface area contributed by atoms with Gasteiger partial charge in [-0.1, -0.05) is 67.6 Å². The van der Waals surface area contributed by atoms with E-state index < -0.39 is 5.97 Å². The van der Waals surface area contributed by atoms with Crippen molar-refractivity contribution in [1.29, 1.82) is 0 Å². The van der Waals surface area contributed by atoms with Crippen molar-refractivity contribution in [1.82, 2.24) is 10.2 Å². The Morgan fingerprint density at radius 1 is 0.971 bits per heavy atom. The van der Waals surface area contributed by atoms with Crippen LogP contribution in [0.15, 0.2) is 96.5 Å². The van der Waals surface area contributed by atoms with Crippen molar-refractivity contribution < 1.29 is 9.90 Å². The van der Waals surface area contributed by atoms with Crippen molar-refractivity contribution in [3.63, 3.8) is 0 Å². The summed E-state index contributed by atoms with van der Waals surface area (Å²) in [6.45, 7) is 2.19. The molecule has 3 aromatic carbocycles. The smallest absolute Gasteiger partial charge is 0.328 e. The first-order chi connectivity index (χ1) is 17.1. The zero-order valence-corrected chi connectivity index (χ0v) is 20.0. The summed E-state index contributed by atoms with van der Waals surface area (Å²) >= 11 is 1.76. The summed E-state index contributed by atoms with van der Waals surface area (Å²) in [6, 6.07) is 27.2. The summed E-state index contributed by atoms with van der Waals surface area (Å²) in [4.78, 5) is 12.1. The maximum Gasteiger partial charge on any atom is 0.328 e. The first-order valence-corrected chi connectivity index (χ1v) is 12.3. The second-order valence-corrected chi connectivity index (χ2v) is 9.15. The highest BCUT2D eigenvalue weighted by Gasteiger charge is 2.16. The highest BCUT2D eigenvalue weighted by Crippen LogP contribution is 2.39. The molecule has 5 rings (SSSR count). The molecule has 0 saturated carbocycles. The molecule has 0 radical (unpaired) electrons. The molecule has 2 heterocycles. The summed E-state index contributed by atoms with van der Waals surface area (Å²) < 4.78 is 0. The first-order valence-electron chi connectivity index (χ1n) is 11.4. The van der Waals surface area contributed by atoms with E-state index in [-0.39, 0.29) is 0 Å². The minimum atomic E-state index is -0.956. The van der Waals surface area contributed by atoms with Gasteiger partial charge in [-0.2, -0.15) is 5.10 Å². The lowest BCUT2D eigenvalue weighted by atomic mass is 9.88. The molecule has 0 spiro atoms. The lowest BCUT2D eigenvalue weighted by Gasteiger charge is -2.16. The SMILES string of the molecule is CC/C(=C(/c1ccc(/C=C/C(=O)O)cc1)c1ccc2[nH]ncc2c1)c1csc(-c2ccccc2)c1. The Hall–Kier alpha value is -4.22. The van der Waals surface area contributed by atoms with Gasteiger partial charge in [0.05, 0.1) is 11.7 Å². The molecule has 0 amide bonds. The van der Waals surface area contributed by atoms with Crippen molar-refractivity contribution >= 4 is 45.4 Å². The molecule has 2 aromatic heterocycles. The molecule has 0 aliphatic rings. The van der Waals surface area contributed by atoms with Crippen LogP contribution in [0.1, 0.15) is 35.6 Å². The molecule has 0 atom stereocenters. The topological polar surface area (TPSA) is 66.0 Å². The summed E-state index contributed by atoms with van der Waals surface area (Å²) in [5.41, 5.74) is 8.93. The van der Waals surface area contributed by atoms with Gasteiger partial charge in [0, 0.05) is 16.3 Å². The van der Waals surface area contributed by atoms with Gasteiger partial charge in [0.25, 0.3) is 0 Å². The summed E-state index contributed by atoms with van der Waals surface area (Å²) in [5.74, 6) is -0.956. The number of hydrogen-bond donors (Lipinski definition) is 2. The Labute approximate surface area is 207 Å². The number of benzene rings is 3. The predicted octanol–water partition coefficient (Wildman–Crippen LogP) is 7.76. The van der Waals surface area contributed by atoms with Gasteiger partial charge in [-0.3, -0.25) is 5.10 Å². The van der Waals surface area contributed by atoms with Crippen LogP contribution >= 0.6 is 11.3 Å². The zero-order valence-electron chi connectivity index (χ0n) is 19.2. The number of rotatable bonds is 7. The van der Waals surface area contributed by atoms with Crippen LogP contribution in [0.5, 0.6) is 0 Å². The van der Waals surface area contributed by atoms with E-state index in [2.05, 4.69) is 83.2 Å². The molecule has 0 saturated heterocycles. The van der Waals surface area contributed by atoms with Gasteiger partial charge >= 0.3 is 5.97 Å². The van der Waals surface area contributed by atoms with Crippen LogP contribution in [-0.4, -0.2) is 21.3 Å². The molecule has 5 aromatic rings. The molecule has 0 aliphatic heterocycles. The second kappa shape index (κ2) is 9.95. The quantitative estimate of drug-likeness (QED) is 0.236. The van der Waals surface area contributed by atoms with Crippen LogP contribution in [0.3, 0.4) is 0 Å². The van der Waals surface area contributed by atoms with Gasteiger partial charge in [0.2, 0.25) is 0 Å². The Morgan fingerprint density at radius 2 is 1.74 bits per heavy atom. The lowest BCUT2D eigenvalue weighted by molar-refractivity contribution is -0.131.